The van der Waals surface area contributed by atoms with Crippen molar-refractivity contribution in [2.45, 2.75) is 32.1 Å². The van der Waals surface area contributed by atoms with Crippen LogP contribution >= 0.6 is 0 Å². The molecule has 2 saturated carbocycles. The van der Waals surface area contributed by atoms with Gasteiger partial charge in [0.2, 0.25) is 5.91 Å². The molecule has 2 nitrogen and oxygen atoms in total. The second kappa shape index (κ2) is 2.50. The number of amides is 1. The fourth-order valence-electron chi connectivity index (χ4n) is 2.74. The Bertz CT molecular complexity index is 166. The minimum Gasteiger partial charge on any atom is -0.369 e. The van der Waals surface area contributed by atoms with E-state index in [1.165, 1.54) is 19.3 Å². The molecule has 1 amide bonds. The number of carbonyl (C=O) groups excluding carboxylic acids is 1. The Morgan fingerprint density at radius 1 is 1.09 bits per heavy atom. The van der Waals surface area contributed by atoms with E-state index in [0.717, 1.165) is 24.7 Å². The molecule has 2 aliphatic rings. The molecule has 2 atom stereocenters. The van der Waals surface area contributed by atoms with Crippen LogP contribution in [0, 0.1) is 17.8 Å². The third-order valence-corrected chi connectivity index (χ3v) is 3.29. The highest BCUT2D eigenvalue weighted by Gasteiger charge is 2.35. The molecule has 2 fully saturated rings. The predicted molar refractivity (Wildman–Crippen MR) is 42.7 cm³/mol. The van der Waals surface area contributed by atoms with E-state index in [1.54, 1.807) is 0 Å². The molecule has 0 radical (unpaired) electrons. The molecule has 2 heteroatoms. The van der Waals surface area contributed by atoms with Crippen LogP contribution in [0.1, 0.15) is 32.1 Å². The lowest BCUT2D eigenvalue weighted by Gasteiger charge is -2.24. The van der Waals surface area contributed by atoms with Crippen molar-refractivity contribution in [3.8, 4) is 0 Å². The lowest BCUT2D eigenvalue weighted by atomic mass is 9.81. The van der Waals surface area contributed by atoms with Crippen molar-refractivity contribution in [2.75, 3.05) is 0 Å². The van der Waals surface area contributed by atoms with Gasteiger partial charge in [0.1, 0.15) is 0 Å². The van der Waals surface area contributed by atoms with Crippen molar-refractivity contribution in [1.29, 1.82) is 0 Å². The maximum absolute atomic E-state index is 10.9. The molecular formula is C9H15NO. The molecule has 0 aromatic heterocycles. The predicted octanol–water partition coefficient (Wildman–Crippen LogP) is 1.30. The third-order valence-electron chi connectivity index (χ3n) is 3.29. The number of primary amides is 1. The molecule has 0 heterocycles. The van der Waals surface area contributed by atoms with Crippen LogP contribution in [0.5, 0.6) is 0 Å². The zero-order valence-corrected chi connectivity index (χ0v) is 6.75. The van der Waals surface area contributed by atoms with Crippen molar-refractivity contribution < 1.29 is 4.79 Å². The van der Waals surface area contributed by atoms with Gasteiger partial charge in [-0.25, -0.2) is 0 Å². The molecule has 2 bridgehead atoms. The van der Waals surface area contributed by atoms with Gasteiger partial charge < -0.3 is 5.73 Å². The van der Waals surface area contributed by atoms with Crippen LogP contribution in [0.2, 0.25) is 0 Å². The van der Waals surface area contributed by atoms with Gasteiger partial charge in [0.05, 0.1) is 0 Å². The normalized spacial score (nSPS) is 42.4. The molecule has 0 aromatic rings. The van der Waals surface area contributed by atoms with E-state index in [1.807, 2.05) is 0 Å². The highest BCUT2D eigenvalue weighted by molar-refractivity contribution is 5.76. The van der Waals surface area contributed by atoms with Crippen LogP contribution in [0.3, 0.4) is 0 Å². The molecule has 2 aliphatic carbocycles. The van der Waals surface area contributed by atoms with Crippen molar-refractivity contribution in [3.63, 3.8) is 0 Å². The van der Waals surface area contributed by atoms with Gasteiger partial charge in [0.15, 0.2) is 0 Å². The van der Waals surface area contributed by atoms with E-state index >= 15 is 0 Å². The van der Waals surface area contributed by atoms with E-state index in [0.29, 0.717) is 0 Å². The van der Waals surface area contributed by atoms with Crippen LogP contribution in [0.4, 0.5) is 0 Å². The number of hydrogen-bond donors (Lipinski definition) is 1. The molecule has 62 valence electrons. The van der Waals surface area contributed by atoms with Crippen molar-refractivity contribution >= 4 is 5.91 Å². The first-order chi connectivity index (χ1) is 5.25. The quantitative estimate of drug-likeness (QED) is 0.606. The average molecular weight is 153 g/mol. The Balaban J connectivity index is 2.02. The Hall–Kier alpha value is -0.530. The van der Waals surface area contributed by atoms with Gasteiger partial charge in [-0.15, -0.1) is 0 Å². The largest absolute Gasteiger partial charge is 0.369 e. The topological polar surface area (TPSA) is 43.1 Å². The first kappa shape index (κ1) is 7.14. The Kier molecular flexibility index (Phi) is 1.63. The highest BCUT2D eigenvalue weighted by atomic mass is 16.1. The second-order valence-corrected chi connectivity index (χ2v) is 4.12. The van der Waals surface area contributed by atoms with Gasteiger partial charge in [0, 0.05) is 5.92 Å². The monoisotopic (exact) mass is 153 g/mol. The first-order valence-electron chi connectivity index (χ1n) is 4.55. The summed E-state index contributed by atoms with van der Waals surface area (Å²) in [6, 6.07) is 0. The summed E-state index contributed by atoms with van der Waals surface area (Å²) in [6.07, 6.45) is 6.20. The van der Waals surface area contributed by atoms with E-state index in [9.17, 15) is 4.79 Å². The smallest absolute Gasteiger partial charge is 0.220 e. The van der Waals surface area contributed by atoms with Crippen molar-refractivity contribution in [1.82, 2.24) is 0 Å². The standard InChI is InChI=1S/C9H15NO/c10-9(11)8-4-6-1-2-7(3-6)5-8/h6-8H,1-5H2,(H2,10,11). The Labute approximate surface area is 67.1 Å². The van der Waals surface area contributed by atoms with Gasteiger partial charge in [-0.1, -0.05) is 12.8 Å². The van der Waals surface area contributed by atoms with Crippen LogP contribution in [-0.2, 0) is 4.79 Å². The molecule has 11 heavy (non-hydrogen) atoms. The lowest BCUT2D eigenvalue weighted by Crippen LogP contribution is -2.28. The van der Waals surface area contributed by atoms with E-state index in [-0.39, 0.29) is 11.8 Å². The summed E-state index contributed by atoms with van der Waals surface area (Å²) >= 11 is 0. The molecule has 2 unspecified atom stereocenters. The summed E-state index contributed by atoms with van der Waals surface area (Å²) in [6.45, 7) is 0. The third kappa shape index (κ3) is 1.26. The number of nitrogens with two attached hydrogens (primary N) is 1. The zero-order chi connectivity index (χ0) is 7.84. The van der Waals surface area contributed by atoms with Crippen LogP contribution in [0.15, 0.2) is 0 Å². The van der Waals surface area contributed by atoms with E-state index < -0.39 is 0 Å². The van der Waals surface area contributed by atoms with Crippen LogP contribution < -0.4 is 5.73 Å². The minimum atomic E-state index is -0.0680. The van der Waals surface area contributed by atoms with Crippen LogP contribution in [0.25, 0.3) is 0 Å². The molecular weight excluding hydrogens is 138 g/mol. The number of hydrogen-bond acceptors (Lipinski definition) is 1. The summed E-state index contributed by atoms with van der Waals surface area (Å²) in [7, 11) is 0. The van der Waals surface area contributed by atoms with Crippen molar-refractivity contribution in [3.05, 3.63) is 0 Å². The number of carbonyl (C=O) groups is 1. The molecule has 0 aromatic carbocycles. The summed E-state index contributed by atoms with van der Waals surface area (Å²) in [5.41, 5.74) is 5.28. The average Bonchev–Trinajstić information content (AvgIpc) is 2.30. The molecule has 0 saturated heterocycles. The van der Waals surface area contributed by atoms with E-state index in [2.05, 4.69) is 0 Å². The zero-order valence-electron chi connectivity index (χ0n) is 6.75. The Morgan fingerprint density at radius 3 is 2.09 bits per heavy atom. The Morgan fingerprint density at radius 2 is 1.64 bits per heavy atom. The van der Waals surface area contributed by atoms with Gasteiger partial charge in [-0.05, 0) is 31.1 Å². The summed E-state index contributed by atoms with van der Waals surface area (Å²) in [5.74, 6) is 1.79. The van der Waals surface area contributed by atoms with Gasteiger partial charge in [-0.3, -0.25) is 4.79 Å². The molecule has 0 aliphatic heterocycles. The maximum Gasteiger partial charge on any atom is 0.220 e. The minimum absolute atomic E-state index is 0.0680. The van der Waals surface area contributed by atoms with Gasteiger partial charge in [-0.2, -0.15) is 0 Å². The van der Waals surface area contributed by atoms with E-state index in [4.69, 9.17) is 5.73 Å². The molecule has 2 rings (SSSR count). The summed E-state index contributed by atoms with van der Waals surface area (Å²) in [4.78, 5) is 10.9. The SMILES string of the molecule is NC(=O)C1CC2CCC(C2)C1. The molecule has 2 N–H and O–H groups in total. The summed E-state index contributed by atoms with van der Waals surface area (Å²) in [5, 5.41) is 0. The lowest BCUT2D eigenvalue weighted by molar-refractivity contribution is -0.123. The second-order valence-electron chi connectivity index (χ2n) is 4.12. The first-order valence-corrected chi connectivity index (χ1v) is 4.55. The van der Waals surface area contributed by atoms with Crippen LogP contribution in [-0.4, -0.2) is 5.91 Å². The molecule has 0 spiro atoms. The number of rotatable bonds is 1. The highest BCUT2D eigenvalue weighted by Crippen LogP contribution is 2.44. The van der Waals surface area contributed by atoms with Gasteiger partial charge >= 0.3 is 0 Å². The summed E-state index contributed by atoms with van der Waals surface area (Å²) < 4.78 is 0. The fourth-order valence-corrected chi connectivity index (χ4v) is 2.74. The fraction of sp³-hybridized carbons (Fsp3) is 0.889. The van der Waals surface area contributed by atoms with Crippen molar-refractivity contribution in [2.24, 2.45) is 23.5 Å². The maximum atomic E-state index is 10.9. The van der Waals surface area contributed by atoms with Gasteiger partial charge in [0.25, 0.3) is 0 Å². The number of fused-ring (bicyclic) bond motifs is 2.